The molecule has 2 saturated carbocycles. The number of carbonyl (C=O) groups excluding carboxylic acids is 3. The average Bonchev–Trinajstić information content (AvgIpc) is 3.13. The predicted octanol–water partition coefficient (Wildman–Crippen LogP) is 12.2. The monoisotopic (exact) mass is 655 g/mol. The number of hydrogen-bond donors (Lipinski definition) is 0. The second-order valence-corrected chi connectivity index (χ2v) is 15.4. The van der Waals surface area contributed by atoms with Crippen LogP contribution >= 0.6 is 0 Å². The summed E-state index contributed by atoms with van der Waals surface area (Å²) in [7, 11) is 0. The van der Waals surface area contributed by atoms with Gasteiger partial charge in [-0.05, 0) is 137 Å². The van der Waals surface area contributed by atoms with Crippen molar-refractivity contribution in [3.8, 4) is 0 Å². The lowest BCUT2D eigenvalue weighted by molar-refractivity contribution is -0.124. The average molecular weight is 655 g/mol. The molecule has 3 nitrogen and oxygen atoms in total. The molecule has 0 N–H and O–H groups in total. The molecule has 0 aromatic heterocycles. The number of unbranched alkanes of at least 4 members (excludes halogenated alkanes) is 6. The van der Waals surface area contributed by atoms with Gasteiger partial charge in [0, 0.05) is 37.5 Å². The summed E-state index contributed by atoms with van der Waals surface area (Å²) >= 11 is 0. The van der Waals surface area contributed by atoms with E-state index < -0.39 is 0 Å². The maximum absolute atomic E-state index is 12.5. The zero-order valence-electron chi connectivity index (χ0n) is 30.6. The molecule has 0 spiro atoms. The number of aryl methyl sites for hydroxylation is 2. The largest absolute Gasteiger partial charge is 0.300 e. The Morgan fingerprint density at radius 3 is 1.19 bits per heavy atom. The summed E-state index contributed by atoms with van der Waals surface area (Å²) in [6.45, 7) is 4.32. The number of rotatable bonds is 22. The van der Waals surface area contributed by atoms with Gasteiger partial charge >= 0.3 is 0 Å². The zero-order valence-corrected chi connectivity index (χ0v) is 30.6. The Kier molecular flexibility index (Phi) is 17.1. The van der Waals surface area contributed by atoms with Gasteiger partial charge in [-0.1, -0.05) is 88.1 Å². The van der Waals surface area contributed by atoms with Gasteiger partial charge in [0.05, 0.1) is 0 Å². The van der Waals surface area contributed by atoms with Crippen LogP contribution in [0.5, 0.6) is 0 Å². The zero-order chi connectivity index (χ0) is 34.0. The first kappa shape index (κ1) is 38.3. The summed E-state index contributed by atoms with van der Waals surface area (Å²) in [4.78, 5) is 37.2. The van der Waals surface area contributed by atoms with E-state index >= 15 is 0 Å². The minimum Gasteiger partial charge on any atom is -0.300 e. The van der Waals surface area contributed by atoms with Gasteiger partial charge in [-0.2, -0.15) is 0 Å². The molecule has 48 heavy (non-hydrogen) atoms. The van der Waals surface area contributed by atoms with Crippen LogP contribution in [0.4, 0.5) is 0 Å². The molecule has 4 rings (SSSR count). The molecule has 0 heterocycles. The maximum Gasteiger partial charge on any atom is 0.135 e. The number of ketones is 3. The number of benzene rings is 2. The van der Waals surface area contributed by atoms with E-state index in [9.17, 15) is 14.4 Å². The summed E-state index contributed by atoms with van der Waals surface area (Å²) < 4.78 is 0. The van der Waals surface area contributed by atoms with Gasteiger partial charge in [-0.15, -0.1) is 0 Å². The fourth-order valence-electron chi connectivity index (χ4n) is 8.30. The second kappa shape index (κ2) is 21.5. The Morgan fingerprint density at radius 2 is 0.833 bits per heavy atom. The predicted molar refractivity (Wildman–Crippen MR) is 201 cm³/mol. The van der Waals surface area contributed by atoms with Crippen molar-refractivity contribution in [2.45, 2.75) is 180 Å². The normalized spacial score (nSPS) is 21.2. The first-order chi connectivity index (χ1) is 23.5. The SMILES string of the molecule is CCCCC(=O)C1CCC(c2ccc(CCCCCC(=O)CCCCCc3ccc(C4CCC(C(=O)CCCC)CC4)cc3)cc2)CC1. The summed E-state index contributed by atoms with van der Waals surface area (Å²) in [5.41, 5.74) is 5.70. The van der Waals surface area contributed by atoms with Crippen LogP contribution in [0.15, 0.2) is 48.5 Å². The molecule has 0 radical (unpaired) electrons. The number of carbonyl (C=O) groups is 3. The number of Topliss-reactive ketones (excluding diaryl/α,β-unsaturated/α-hetero) is 3. The molecule has 2 aromatic rings. The fraction of sp³-hybridized carbons (Fsp3) is 0.667. The van der Waals surface area contributed by atoms with Crippen LogP contribution in [0, 0.1) is 11.8 Å². The summed E-state index contributed by atoms with van der Waals surface area (Å²) in [6, 6.07) is 18.5. The smallest absolute Gasteiger partial charge is 0.135 e. The van der Waals surface area contributed by atoms with Crippen molar-refractivity contribution < 1.29 is 14.4 Å². The molecule has 2 fully saturated rings. The molecule has 0 atom stereocenters. The van der Waals surface area contributed by atoms with Crippen molar-refractivity contribution in [2.24, 2.45) is 11.8 Å². The van der Waals surface area contributed by atoms with Crippen LogP contribution in [0.2, 0.25) is 0 Å². The lowest BCUT2D eigenvalue weighted by Crippen LogP contribution is -2.21. The van der Waals surface area contributed by atoms with Crippen LogP contribution in [0.25, 0.3) is 0 Å². The Labute approximate surface area is 293 Å². The summed E-state index contributed by atoms with van der Waals surface area (Å²) in [5.74, 6) is 3.29. The van der Waals surface area contributed by atoms with Gasteiger partial charge in [-0.3, -0.25) is 14.4 Å². The highest BCUT2D eigenvalue weighted by Crippen LogP contribution is 2.38. The highest BCUT2D eigenvalue weighted by molar-refractivity contribution is 5.81. The molecule has 0 aliphatic heterocycles. The summed E-state index contributed by atoms with van der Waals surface area (Å²) in [5, 5.41) is 0. The molecule has 2 aliphatic rings. The van der Waals surface area contributed by atoms with Crippen LogP contribution < -0.4 is 0 Å². The van der Waals surface area contributed by atoms with Crippen LogP contribution in [-0.4, -0.2) is 17.3 Å². The molecule has 264 valence electrons. The maximum atomic E-state index is 12.5. The molecule has 3 heteroatoms. The van der Waals surface area contributed by atoms with Gasteiger partial charge in [-0.25, -0.2) is 0 Å². The highest BCUT2D eigenvalue weighted by Gasteiger charge is 2.27. The molecular formula is C45H66O3. The topological polar surface area (TPSA) is 51.2 Å². The van der Waals surface area contributed by atoms with E-state index in [0.29, 0.717) is 41.0 Å². The van der Waals surface area contributed by atoms with Crippen LogP contribution in [0.3, 0.4) is 0 Å². The lowest BCUT2D eigenvalue weighted by atomic mass is 9.76. The van der Waals surface area contributed by atoms with Crippen molar-refractivity contribution in [1.29, 1.82) is 0 Å². The molecule has 0 saturated heterocycles. The van der Waals surface area contributed by atoms with Gasteiger partial charge in [0.1, 0.15) is 17.3 Å². The highest BCUT2D eigenvalue weighted by atomic mass is 16.1. The molecule has 0 amide bonds. The minimum atomic E-state index is 0.309. The molecule has 0 unspecified atom stereocenters. The minimum absolute atomic E-state index is 0.309. The van der Waals surface area contributed by atoms with Crippen LogP contribution in [-0.2, 0) is 27.2 Å². The van der Waals surface area contributed by atoms with Crippen molar-refractivity contribution in [3.63, 3.8) is 0 Å². The van der Waals surface area contributed by atoms with E-state index in [4.69, 9.17) is 0 Å². The van der Waals surface area contributed by atoms with E-state index in [-0.39, 0.29) is 0 Å². The Balaban J connectivity index is 0.997. The van der Waals surface area contributed by atoms with Crippen molar-refractivity contribution in [1.82, 2.24) is 0 Å². The Morgan fingerprint density at radius 1 is 0.458 bits per heavy atom. The van der Waals surface area contributed by atoms with E-state index in [1.165, 1.54) is 22.3 Å². The Bertz CT molecular complexity index is 1110. The first-order valence-electron chi connectivity index (χ1n) is 20.2. The van der Waals surface area contributed by atoms with Crippen LogP contribution in [0.1, 0.15) is 189 Å². The number of hydrogen-bond acceptors (Lipinski definition) is 3. The molecule has 2 aliphatic carbocycles. The molecular weight excluding hydrogens is 588 g/mol. The van der Waals surface area contributed by atoms with Crippen molar-refractivity contribution in [3.05, 3.63) is 70.8 Å². The third-order valence-electron chi connectivity index (χ3n) is 11.7. The fourth-order valence-corrected chi connectivity index (χ4v) is 8.30. The van der Waals surface area contributed by atoms with E-state index in [2.05, 4.69) is 62.4 Å². The van der Waals surface area contributed by atoms with E-state index in [1.54, 1.807) is 0 Å². The summed E-state index contributed by atoms with van der Waals surface area (Å²) in [6.07, 6.45) is 24.9. The van der Waals surface area contributed by atoms with E-state index in [0.717, 1.165) is 154 Å². The van der Waals surface area contributed by atoms with Gasteiger partial charge < -0.3 is 0 Å². The first-order valence-corrected chi connectivity index (χ1v) is 20.2. The molecule has 0 bridgehead atoms. The van der Waals surface area contributed by atoms with Crippen molar-refractivity contribution in [2.75, 3.05) is 0 Å². The third kappa shape index (κ3) is 13.1. The van der Waals surface area contributed by atoms with E-state index in [1.807, 2.05) is 0 Å². The quantitative estimate of drug-likeness (QED) is 0.119. The van der Waals surface area contributed by atoms with Gasteiger partial charge in [0.25, 0.3) is 0 Å². The lowest BCUT2D eigenvalue weighted by Gasteiger charge is -2.28. The Hall–Kier alpha value is -2.55. The van der Waals surface area contributed by atoms with Gasteiger partial charge in [0.2, 0.25) is 0 Å². The third-order valence-corrected chi connectivity index (χ3v) is 11.7. The molecule has 2 aromatic carbocycles. The van der Waals surface area contributed by atoms with Crippen molar-refractivity contribution >= 4 is 17.3 Å². The van der Waals surface area contributed by atoms with Gasteiger partial charge in [0.15, 0.2) is 0 Å². The standard InChI is InChI=1S/C45H66O3/c1-3-5-17-44(47)41-31-27-39(28-32-41)37-23-19-35(20-24-37)13-9-7-11-15-43(46)16-12-8-10-14-36-21-25-38(26-22-36)40-29-33-42(34-30-40)45(48)18-6-4-2/h19-26,39-42H,3-18,27-34H2,1-2H3. The second-order valence-electron chi connectivity index (χ2n) is 15.4.